The Kier molecular flexibility index (Phi) is 4.98. The lowest BCUT2D eigenvalue weighted by Gasteiger charge is -2.31. The maximum Gasteiger partial charge on any atom is 0.245 e. The molecule has 1 aliphatic rings. The number of hydrogen-bond acceptors (Lipinski definition) is 3. The van der Waals surface area contributed by atoms with E-state index in [0.29, 0.717) is 17.3 Å². The van der Waals surface area contributed by atoms with E-state index in [0.717, 1.165) is 12.1 Å². The van der Waals surface area contributed by atoms with Crippen LogP contribution in [0.1, 0.15) is 22.0 Å². The summed E-state index contributed by atoms with van der Waals surface area (Å²) in [5.74, 6) is -2.82. The third kappa shape index (κ3) is 3.69. The number of ketones is 1. The van der Waals surface area contributed by atoms with E-state index in [9.17, 15) is 18.4 Å². The second-order valence-corrected chi connectivity index (χ2v) is 5.98. The van der Waals surface area contributed by atoms with Crippen molar-refractivity contribution in [2.75, 3.05) is 0 Å². The number of rotatable bonds is 5. The molecule has 2 aromatic rings. The van der Waals surface area contributed by atoms with Crippen molar-refractivity contribution in [3.05, 3.63) is 107 Å². The normalized spacial score (nSPS) is 14.7. The molecule has 1 heterocycles. The van der Waals surface area contributed by atoms with Gasteiger partial charge >= 0.3 is 0 Å². The van der Waals surface area contributed by atoms with Gasteiger partial charge in [0, 0.05) is 34.7 Å². The number of halogens is 2. The van der Waals surface area contributed by atoms with E-state index < -0.39 is 23.6 Å². The van der Waals surface area contributed by atoms with Crippen LogP contribution in [0, 0.1) is 11.6 Å². The van der Waals surface area contributed by atoms with Crippen LogP contribution < -0.4 is 5.73 Å². The molecule has 0 fully saturated rings. The summed E-state index contributed by atoms with van der Waals surface area (Å²) >= 11 is 0. The Hall–Kier alpha value is -3.54. The van der Waals surface area contributed by atoms with E-state index in [-0.39, 0.29) is 16.9 Å². The molecule has 27 heavy (non-hydrogen) atoms. The van der Waals surface area contributed by atoms with Crippen LogP contribution in [0.2, 0.25) is 0 Å². The topological polar surface area (TPSA) is 63.4 Å². The Bertz CT molecular complexity index is 981. The largest absolute Gasteiger partial charge is 0.368 e. The molecule has 0 radical (unpaired) electrons. The second kappa shape index (κ2) is 7.37. The molecule has 0 bridgehead atoms. The van der Waals surface area contributed by atoms with Crippen LogP contribution in [0.3, 0.4) is 0 Å². The van der Waals surface area contributed by atoms with E-state index in [2.05, 4.69) is 6.58 Å². The van der Waals surface area contributed by atoms with Crippen molar-refractivity contribution in [1.82, 2.24) is 4.90 Å². The Balaban J connectivity index is 2.02. The fraction of sp³-hybridized carbons (Fsp3) is 0.0476. The van der Waals surface area contributed by atoms with Gasteiger partial charge in [-0.05, 0) is 18.2 Å². The van der Waals surface area contributed by atoms with Crippen molar-refractivity contribution < 1.29 is 18.4 Å². The first-order valence-electron chi connectivity index (χ1n) is 8.09. The summed E-state index contributed by atoms with van der Waals surface area (Å²) in [6.07, 6.45) is 4.50. The number of primary amides is 1. The van der Waals surface area contributed by atoms with Gasteiger partial charge in [0.25, 0.3) is 0 Å². The Morgan fingerprint density at radius 3 is 2.37 bits per heavy atom. The van der Waals surface area contributed by atoms with Gasteiger partial charge in [-0.3, -0.25) is 9.59 Å². The summed E-state index contributed by atoms with van der Waals surface area (Å²) in [5, 5.41) is 0. The molecule has 0 aliphatic carbocycles. The molecule has 2 N–H and O–H groups in total. The van der Waals surface area contributed by atoms with Gasteiger partial charge in [-0.15, -0.1) is 0 Å². The van der Waals surface area contributed by atoms with E-state index >= 15 is 0 Å². The van der Waals surface area contributed by atoms with Crippen LogP contribution in [0.25, 0.3) is 0 Å². The highest BCUT2D eigenvalue weighted by molar-refractivity contribution is 6.10. The summed E-state index contributed by atoms with van der Waals surface area (Å²) in [6, 6.07) is 10.2. The zero-order valence-corrected chi connectivity index (χ0v) is 14.2. The summed E-state index contributed by atoms with van der Waals surface area (Å²) in [4.78, 5) is 26.1. The molecule has 4 nitrogen and oxygen atoms in total. The lowest BCUT2D eigenvalue weighted by Crippen LogP contribution is -2.35. The molecule has 0 aromatic heterocycles. The first-order chi connectivity index (χ1) is 12.9. The summed E-state index contributed by atoms with van der Waals surface area (Å²) in [7, 11) is 0. The molecule has 2 aromatic carbocycles. The fourth-order valence-electron chi connectivity index (χ4n) is 2.84. The zero-order valence-electron chi connectivity index (χ0n) is 14.2. The minimum atomic E-state index is -1.28. The van der Waals surface area contributed by atoms with E-state index in [1.165, 1.54) is 17.2 Å². The van der Waals surface area contributed by atoms with Crippen LogP contribution in [0.4, 0.5) is 8.78 Å². The summed E-state index contributed by atoms with van der Waals surface area (Å²) in [6.45, 7) is 3.82. The molecule has 3 rings (SSSR count). The van der Waals surface area contributed by atoms with Crippen LogP contribution in [-0.4, -0.2) is 16.6 Å². The number of Topliss-reactive ketones (excluding diaryl/α,β-unsaturated/α-hetero) is 1. The monoisotopic (exact) mass is 366 g/mol. The van der Waals surface area contributed by atoms with Gasteiger partial charge < -0.3 is 10.6 Å². The molecule has 1 unspecified atom stereocenters. The van der Waals surface area contributed by atoms with Crippen molar-refractivity contribution in [2.24, 2.45) is 5.73 Å². The van der Waals surface area contributed by atoms with Crippen molar-refractivity contribution in [1.29, 1.82) is 0 Å². The smallest absolute Gasteiger partial charge is 0.245 e. The molecule has 136 valence electrons. The molecule has 6 heteroatoms. The SMILES string of the molecule is C=C1C=CC(C(=O)c2ccccc2)=CN1C(C(N)=O)c1ccc(F)cc1F. The predicted octanol–water partition coefficient (Wildman–Crippen LogP) is 3.64. The number of nitrogens with zero attached hydrogens (tertiary/aromatic N) is 1. The number of carbonyl (C=O) groups excluding carboxylic acids is 2. The number of hydrogen-bond donors (Lipinski definition) is 1. The second-order valence-electron chi connectivity index (χ2n) is 5.98. The fourth-order valence-corrected chi connectivity index (χ4v) is 2.84. The standard InChI is InChI=1S/C21H16F2N2O2/c1-13-7-8-15(20(26)14-5-3-2-4-6-14)12-25(13)19(21(24)27)17-10-9-16(22)11-18(17)23/h2-12,19H,1H2,(H2,24,27). The van der Waals surface area contributed by atoms with Gasteiger partial charge in [0.1, 0.15) is 17.7 Å². The molecule has 0 saturated heterocycles. The molecule has 0 saturated carbocycles. The molecule has 0 spiro atoms. The van der Waals surface area contributed by atoms with E-state index in [1.54, 1.807) is 36.4 Å². The minimum Gasteiger partial charge on any atom is -0.368 e. The molecular formula is C21H16F2N2O2. The maximum atomic E-state index is 14.3. The van der Waals surface area contributed by atoms with Gasteiger partial charge in [-0.1, -0.05) is 43.0 Å². The maximum absolute atomic E-state index is 14.3. The highest BCUT2D eigenvalue weighted by Gasteiger charge is 2.30. The van der Waals surface area contributed by atoms with Gasteiger partial charge in [0.2, 0.25) is 5.91 Å². The zero-order chi connectivity index (χ0) is 19.6. The van der Waals surface area contributed by atoms with Crippen LogP contribution in [0.15, 0.2) is 84.7 Å². The average molecular weight is 366 g/mol. The molecule has 1 amide bonds. The third-order valence-electron chi connectivity index (χ3n) is 4.17. The van der Waals surface area contributed by atoms with Crippen LogP contribution in [0.5, 0.6) is 0 Å². The van der Waals surface area contributed by atoms with Crippen molar-refractivity contribution in [2.45, 2.75) is 6.04 Å². The van der Waals surface area contributed by atoms with Gasteiger partial charge in [-0.25, -0.2) is 8.78 Å². The predicted molar refractivity (Wildman–Crippen MR) is 97.3 cm³/mol. The quantitative estimate of drug-likeness (QED) is 0.822. The Morgan fingerprint density at radius 2 is 1.74 bits per heavy atom. The van der Waals surface area contributed by atoms with Crippen molar-refractivity contribution >= 4 is 11.7 Å². The first kappa shape index (κ1) is 18.3. The lowest BCUT2D eigenvalue weighted by atomic mass is 9.98. The van der Waals surface area contributed by atoms with Gasteiger partial charge in [-0.2, -0.15) is 0 Å². The van der Waals surface area contributed by atoms with Crippen molar-refractivity contribution in [3.63, 3.8) is 0 Å². The number of allylic oxidation sites excluding steroid dienone is 3. The van der Waals surface area contributed by atoms with E-state index in [1.807, 2.05) is 0 Å². The molecule has 1 atom stereocenters. The van der Waals surface area contributed by atoms with Crippen LogP contribution in [-0.2, 0) is 4.79 Å². The minimum absolute atomic E-state index is 0.108. The van der Waals surface area contributed by atoms with Gasteiger partial charge in [0.05, 0.1) is 0 Å². The average Bonchev–Trinajstić information content (AvgIpc) is 2.65. The highest BCUT2D eigenvalue weighted by Crippen LogP contribution is 2.31. The summed E-state index contributed by atoms with van der Waals surface area (Å²) in [5.41, 5.74) is 6.46. The number of benzene rings is 2. The summed E-state index contributed by atoms with van der Waals surface area (Å²) < 4.78 is 27.5. The Labute approximate surface area is 154 Å². The number of nitrogens with two attached hydrogens (primary N) is 1. The number of carbonyl (C=O) groups is 2. The lowest BCUT2D eigenvalue weighted by molar-refractivity contribution is -0.122. The van der Waals surface area contributed by atoms with Crippen molar-refractivity contribution in [3.8, 4) is 0 Å². The van der Waals surface area contributed by atoms with Crippen LogP contribution >= 0.6 is 0 Å². The van der Waals surface area contributed by atoms with Gasteiger partial charge in [0.15, 0.2) is 5.78 Å². The molecular weight excluding hydrogens is 350 g/mol. The molecule has 1 aliphatic heterocycles. The first-order valence-corrected chi connectivity index (χ1v) is 8.09. The number of amides is 1. The Morgan fingerprint density at radius 1 is 1.04 bits per heavy atom. The third-order valence-corrected chi connectivity index (χ3v) is 4.17. The highest BCUT2D eigenvalue weighted by atomic mass is 19.1. The van der Waals surface area contributed by atoms with E-state index in [4.69, 9.17) is 5.73 Å².